The highest BCUT2D eigenvalue weighted by molar-refractivity contribution is 5.25. The van der Waals surface area contributed by atoms with E-state index in [4.69, 9.17) is 4.74 Å². The third-order valence-electron chi connectivity index (χ3n) is 2.99. The zero-order valence-electron chi connectivity index (χ0n) is 9.04. The summed E-state index contributed by atoms with van der Waals surface area (Å²) in [4.78, 5) is 0. The Morgan fingerprint density at radius 3 is 2.12 bits per heavy atom. The fraction of sp³-hybridized carbons (Fsp3) is 0.200. The van der Waals surface area contributed by atoms with Crippen LogP contribution in [0.1, 0.15) is 17.2 Å². The molecular formula is C15H14O. The molecule has 0 aromatic heterocycles. The van der Waals surface area contributed by atoms with Crippen molar-refractivity contribution in [3.63, 3.8) is 0 Å². The Hall–Kier alpha value is -1.60. The van der Waals surface area contributed by atoms with E-state index in [-0.39, 0.29) is 0 Å². The van der Waals surface area contributed by atoms with E-state index < -0.39 is 0 Å². The van der Waals surface area contributed by atoms with E-state index in [9.17, 15) is 0 Å². The van der Waals surface area contributed by atoms with Crippen molar-refractivity contribution in [2.24, 2.45) is 0 Å². The van der Waals surface area contributed by atoms with Crippen molar-refractivity contribution in [2.75, 3.05) is 0 Å². The molecule has 1 heteroatoms. The minimum Gasteiger partial charge on any atom is -0.364 e. The van der Waals surface area contributed by atoms with Crippen LogP contribution in [0.15, 0.2) is 60.7 Å². The monoisotopic (exact) mass is 210 g/mol. The van der Waals surface area contributed by atoms with Crippen molar-refractivity contribution >= 4 is 0 Å². The molecule has 1 nitrogen and oxygen atoms in total. The van der Waals surface area contributed by atoms with Gasteiger partial charge in [-0.1, -0.05) is 60.7 Å². The maximum atomic E-state index is 5.71. The van der Waals surface area contributed by atoms with Gasteiger partial charge in [0.2, 0.25) is 0 Å². The van der Waals surface area contributed by atoms with Gasteiger partial charge in [-0.2, -0.15) is 0 Å². The van der Waals surface area contributed by atoms with Gasteiger partial charge in [-0.15, -0.1) is 0 Å². The molecule has 0 unspecified atom stereocenters. The lowest BCUT2D eigenvalue weighted by Gasteiger charge is -1.97. The van der Waals surface area contributed by atoms with Crippen LogP contribution >= 0.6 is 0 Å². The van der Waals surface area contributed by atoms with Gasteiger partial charge in [-0.3, -0.25) is 0 Å². The van der Waals surface area contributed by atoms with Crippen LogP contribution in [0, 0.1) is 0 Å². The molecule has 80 valence electrons. The number of hydrogen-bond acceptors (Lipinski definition) is 1. The molecule has 2 atom stereocenters. The first-order chi connectivity index (χ1) is 7.93. The molecule has 3 rings (SSSR count). The molecule has 16 heavy (non-hydrogen) atoms. The molecule has 1 aliphatic heterocycles. The van der Waals surface area contributed by atoms with Gasteiger partial charge in [0.15, 0.2) is 0 Å². The maximum absolute atomic E-state index is 5.71. The van der Waals surface area contributed by atoms with Crippen molar-refractivity contribution in [1.82, 2.24) is 0 Å². The van der Waals surface area contributed by atoms with Gasteiger partial charge in [-0.05, 0) is 11.1 Å². The van der Waals surface area contributed by atoms with Gasteiger partial charge in [0.25, 0.3) is 0 Å². The van der Waals surface area contributed by atoms with E-state index in [0.29, 0.717) is 12.2 Å². The molecular weight excluding hydrogens is 196 g/mol. The molecule has 2 aromatic rings. The van der Waals surface area contributed by atoms with Crippen LogP contribution in [0.5, 0.6) is 0 Å². The van der Waals surface area contributed by atoms with Crippen LogP contribution in [-0.4, -0.2) is 6.10 Å². The fourth-order valence-electron chi connectivity index (χ4n) is 2.08. The van der Waals surface area contributed by atoms with Gasteiger partial charge in [0, 0.05) is 6.42 Å². The second-order valence-corrected chi connectivity index (χ2v) is 4.20. The average Bonchev–Trinajstić information content (AvgIpc) is 3.11. The summed E-state index contributed by atoms with van der Waals surface area (Å²) in [6.45, 7) is 0. The highest BCUT2D eigenvalue weighted by Crippen LogP contribution is 2.40. The molecule has 1 heterocycles. The second kappa shape index (κ2) is 4.11. The van der Waals surface area contributed by atoms with E-state index in [1.165, 1.54) is 11.1 Å². The van der Waals surface area contributed by atoms with Crippen LogP contribution in [0.4, 0.5) is 0 Å². The second-order valence-electron chi connectivity index (χ2n) is 4.20. The quantitative estimate of drug-likeness (QED) is 0.707. The number of hydrogen-bond donors (Lipinski definition) is 0. The lowest BCUT2D eigenvalue weighted by molar-refractivity contribution is 0.373. The Bertz CT molecular complexity index is 449. The first-order valence-electron chi connectivity index (χ1n) is 5.68. The highest BCUT2D eigenvalue weighted by Gasteiger charge is 2.39. The third-order valence-corrected chi connectivity index (χ3v) is 2.99. The zero-order chi connectivity index (χ0) is 10.8. The van der Waals surface area contributed by atoms with Crippen molar-refractivity contribution < 1.29 is 4.74 Å². The van der Waals surface area contributed by atoms with E-state index >= 15 is 0 Å². The summed E-state index contributed by atoms with van der Waals surface area (Å²) in [5.41, 5.74) is 2.65. The molecule has 0 N–H and O–H groups in total. The van der Waals surface area contributed by atoms with Crippen molar-refractivity contribution in [2.45, 2.75) is 18.6 Å². The largest absolute Gasteiger partial charge is 0.364 e. The van der Waals surface area contributed by atoms with Gasteiger partial charge in [0.1, 0.15) is 6.10 Å². The van der Waals surface area contributed by atoms with Crippen LogP contribution in [0.2, 0.25) is 0 Å². The fourth-order valence-corrected chi connectivity index (χ4v) is 2.08. The number of epoxide rings is 1. The first kappa shape index (κ1) is 9.61. The predicted octanol–water partition coefficient (Wildman–Crippen LogP) is 3.37. The Labute approximate surface area is 95.7 Å². The Morgan fingerprint density at radius 2 is 1.44 bits per heavy atom. The van der Waals surface area contributed by atoms with E-state index in [1.54, 1.807) is 0 Å². The number of rotatable bonds is 3. The van der Waals surface area contributed by atoms with E-state index in [1.807, 2.05) is 12.1 Å². The summed E-state index contributed by atoms with van der Waals surface area (Å²) in [6, 6.07) is 21.0. The maximum Gasteiger partial charge on any atom is 0.109 e. The van der Waals surface area contributed by atoms with E-state index in [2.05, 4.69) is 48.5 Å². The first-order valence-corrected chi connectivity index (χ1v) is 5.68. The third kappa shape index (κ3) is 2.00. The molecule has 1 aliphatic rings. The number of ether oxygens (including phenoxy) is 1. The van der Waals surface area contributed by atoms with E-state index in [0.717, 1.165) is 6.42 Å². The molecule has 0 amide bonds. The summed E-state index contributed by atoms with van der Waals surface area (Å²) < 4.78 is 5.71. The molecule has 1 fully saturated rings. The summed E-state index contributed by atoms with van der Waals surface area (Å²) in [5, 5.41) is 0. The van der Waals surface area contributed by atoms with Crippen molar-refractivity contribution in [3.8, 4) is 0 Å². The molecule has 0 spiro atoms. The highest BCUT2D eigenvalue weighted by atomic mass is 16.6. The lowest BCUT2D eigenvalue weighted by atomic mass is 10.0. The molecule has 0 aliphatic carbocycles. The SMILES string of the molecule is c1ccc(C[C@H]2O[C@H]2c2ccccc2)cc1. The number of benzene rings is 2. The predicted molar refractivity (Wildman–Crippen MR) is 64.2 cm³/mol. The summed E-state index contributed by atoms with van der Waals surface area (Å²) in [6.07, 6.45) is 1.69. The summed E-state index contributed by atoms with van der Waals surface area (Å²) in [5.74, 6) is 0. The minimum atomic E-state index is 0.307. The Morgan fingerprint density at radius 1 is 0.812 bits per heavy atom. The molecule has 2 aromatic carbocycles. The minimum absolute atomic E-state index is 0.307. The van der Waals surface area contributed by atoms with Crippen LogP contribution in [-0.2, 0) is 11.2 Å². The Balaban J connectivity index is 1.65. The van der Waals surface area contributed by atoms with Gasteiger partial charge in [-0.25, -0.2) is 0 Å². The van der Waals surface area contributed by atoms with Crippen LogP contribution < -0.4 is 0 Å². The van der Waals surface area contributed by atoms with Gasteiger partial charge >= 0.3 is 0 Å². The summed E-state index contributed by atoms with van der Waals surface area (Å²) >= 11 is 0. The molecule has 0 bridgehead atoms. The Kier molecular flexibility index (Phi) is 2.47. The standard InChI is InChI=1S/C15H14O/c1-3-7-12(8-4-1)11-14-15(16-14)13-9-5-2-6-10-13/h1-10,14-15H,11H2/t14-,15+/m1/s1. The molecule has 0 radical (unpaired) electrons. The zero-order valence-corrected chi connectivity index (χ0v) is 9.04. The van der Waals surface area contributed by atoms with Gasteiger partial charge in [0.05, 0.1) is 6.10 Å². The smallest absolute Gasteiger partial charge is 0.109 e. The normalized spacial score (nSPS) is 23.0. The van der Waals surface area contributed by atoms with Crippen molar-refractivity contribution in [1.29, 1.82) is 0 Å². The van der Waals surface area contributed by atoms with Gasteiger partial charge < -0.3 is 4.74 Å². The van der Waals surface area contributed by atoms with Crippen LogP contribution in [0.25, 0.3) is 0 Å². The lowest BCUT2D eigenvalue weighted by Crippen LogP contribution is -1.94. The molecule has 0 saturated carbocycles. The summed E-state index contributed by atoms with van der Waals surface area (Å²) in [7, 11) is 0. The topological polar surface area (TPSA) is 12.5 Å². The molecule has 1 saturated heterocycles. The van der Waals surface area contributed by atoms with Crippen LogP contribution in [0.3, 0.4) is 0 Å². The van der Waals surface area contributed by atoms with Crippen molar-refractivity contribution in [3.05, 3.63) is 71.8 Å². The average molecular weight is 210 g/mol.